The summed E-state index contributed by atoms with van der Waals surface area (Å²) in [5.74, 6) is 0. The molecule has 0 unspecified atom stereocenters. The van der Waals surface area contributed by atoms with Crippen molar-refractivity contribution in [3.8, 4) is 0 Å². The first-order valence-corrected chi connectivity index (χ1v) is 22.3. The summed E-state index contributed by atoms with van der Waals surface area (Å²) in [6, 6.07) is 0. The van der Waals surface area contributed by atoms with Crippen LogP contribution in [0, 0.1) is 6.92 Å². The topological polar surface area (TPSA) is 12.9 Å². The van der Waals surface area contributed by atoms with E-state index in [1.165, 1.54) is 56.5 Å². The molecule has 1 rings (SSSR count). The summed E-state index contributed by atoms with van der Waals surface area (Å²) in [6.07, 6.45) is 8.31. The third-order valence-corrected chi connectivity index (χ3v) is 30.3. The molecule has 0 fully saturated rings. The second kappa shape index (κ2) is 10.4. The van der Waals surface area contributed by atoms with E-state index in [9.17, 15) is 0 Å². The van der Waals surface area contributed by atoms with Crippen molar-refractivity contribution in [1.82, 2.24) is 4.98 Å². The standard InChI is InChI=1S/C10H18NSSi.3C4H9.Sn/c1-8-7-11-9(12-8)13(5,6)10(2,3)4;3*1-3-4-2;/h1-6H3;3*1,3-4H2,2H3;. The van der Waals surface area contributed by atoms with Crippen LogP contribution in [0.1, 0.15) is 84.9 Å². The summed E-state index contributed by atoms with van der Waals surface area (Å²) >= 11 is -0.316. The Morgan fingerprint density at radius 3 is 1.65 bits per heavy atom. The Kier molecular flexibility index (Phi) is 9.90. The van der Waals surface area contributed by atoms with Crippen LogP contribution in [0.2, 0.25) is 31.4 Å². The third-order valence-electron chi connectivity index (χ3n) is 6.74. The minimum absolute atomic E-state index is 0.378. The molecule has 0 spiro atoms. The number of thiazole rings is 1. The van der Waals surface area contributed by atoms with Crippen molar-refractivity contribution < 1.29 is 0 Å². The summed E-state index contributed by atoms with van der Waals surface area (Å²) in [5.41, 5.74) is 0. The van der Waals surface area contributed by atoms with Gasteiger partial charge in [0.1, 0.15) is 0 Å². The molecule has 0 aliphatic rings. The SMILES string of the molecule is CCC[CH2][Sn]([CH2]CCC)([CH2]CCC)[c]1nc([Si](C)(C)C(C)(C)C)sc1C. The molecule has 0 radical (unpaired) electrons. The van der Waals surface area contributed by atoms with Crippen LogP contribution in [0.5, 0.6) is 0 Å². The van der Waals surface area contributed by atoms with Crippen LogP contribution in [0.4, 0.5) is 0 Å². The maximum absolute atomic E-state index is 5.55. The van der Waals surface area contributed by atoms with E-state index in [1.54, 1.807) is 8.59 Å². The van der Waals surface area contributed by atoms with E-state index in [0.717, 1.165) is 0 Å². The fraction of sp³-hybridized carbons (Fsp3) is 0.864. The molecule has 0 atom stereocenters. The zero-order valence-corrected chi connectivity index (χ0v) is 23.9. The van der Waals surface area contributed by atoms with Crippen molar-refractivity contribution in [3.05, 3.63) is 4.88 Å². The molecule has 1 aromatic rings. The van der Waals surface area contributed by atoms with Crippen molar-refractivity contribution in [2.75, 3.05) is 0 Å². The molecule has 1 nitrogen and oxygen atoms in total. The summed E-state index contributed by atoms with van der Waals surface area (Å²) in [4.78, 5) is 7.15. The molecule has 0 aromatic carbocycles. The van der Waals surface area contributed by atoms with Crippen LogP contribution in [-0.4, -0.2) is 31.4 Å². The van der Waals surface area contributed by atoms with Crippen molar-refractivity contribution >= 4 is 46.1 Å². The quantitative estimate of drug-likeness (QED) is 0.291. The minimum atomic E-state index is -2.39. The first-order chi connectivity index (χ1) is 12.1. The van der Waals surface area contributed by atoms with Crippen LogP contribution < -0.4 is 8.34 Å². The van der Waals surface area contributed by atoms with Crippen molar-refractivity contribution in [2.24, 2.45) is 0 Å². The number of aromatic nitrogens is 1. The van der Waals surface area contributed by atoms with Crippen LogP contribution in [-0.2, 0) is 0 Å². The van der Waals surface area contributed by atoms with E-state index in [1.807, 2.05) is 0 Å². The van der Waals surface area contributed by atoms with Gasteiger partial charge < -0.3 is 0 Å². The number of nitrogens with zero attached hydrogens (tertiary/aromatic N) is 1. The van der Waals surface area contributed by atoms with Gasteiger partial charge in [0.2, 0.25) is 0 Å². The van der Waals surface area contributed by atoms with Gasteiger partial charge in [-0.25, -0.2) is 0 Å². The van der Waals surface area contributed by atoms with E-state index >= 15 is 0 Å². The molecule has 0 amide bonds. The molecule has 152 valence electrons. The average molecular weight is 502 g/mol. The van der Waals surface area contributed by atoms with E-state index in [4.69, 9.17) is 4.98 Å². The Labute approximate surface area is 173 Å². The maximum atomic E-state index is 5.55. The average Bonchev–Trinajstić information content (AvgIpc) is 2.97. The fourth-order valence-electron chi connectivity index (χ4n) is 3.75. The molecule has 0 bridgehead atoms. The van der Waals surface area contributed by atoms with Gasteiger partial charge in [-0.1, -0.05) is 0 Å². The Morgan fingerprint density at radius 2 is 1.31 bits per heavy atom. The zero-order valence-electron chi connectivity index (χ0n) is 19.2. The molecule has 0 saturated carbocycles. The van der Waals surface area contributed by atoms with Gasteiger partial charge in [0.05, 0.1) is 0 Å². The third kappa shape index (κ3) is 5.82. The summed E-state index contributed by atoms with van der Waals surface area (Å²) < 4.78 is 7.83. The number of aryl methyl sites for hydroxylation is 1. The first-order valence-electron chi connectivity index (χ1n) is 11.0. The van der Waals surface area contributed by atoms with E-state index in [0.29, 0.717) is 5.04 Å². The number of hydrogen-bond acceptors (Lipinski definition) is 2. The second-order valence-electron chi connectivity index (χ2n) is 9.89. The van der Waals surface area contributed by atoms with Gasteiger partial charge in [0.25, 0.3) is 0 Å². The normalized spacial score (nSPS) is 13.4. The van der Waals surface area contributed by atoms with Gasteiger partial charge >= 0.3 is 174 Å². The van der Waals surface area contributed by atoms with Crippen LogP contribution >= 0.6 is 11.3 Å². The number of rotatable bonds is 11. The van der Waals surface area contributed by atoms with Gasteiger partial charge in [-0.15, -0.1) is 0 Å². The molecule has 0 N–H and O–H groups in total. The summed E-state index contributed by atoms with van der Waals surface area (Å²) in [7, 11) is -1.52. The molecule has 26 heavy (non-hydrogen) atoms. The molecular formula is C22H45NSSiSn. The van der Waals surface area contributed by atoms with Crippen molar-refractivity contribution in [2.45, 2.75) is 118 Å². The van der Waals surface area contributed by atoms with Gasteiger partial charge in [0, 0.05) is 0 Å². The van der Waals surface area contributed by atoms with Gasteiger partial charge in [-0.2, -0.15) is 0 Å². The molecule has 4 heteroatoms. The van der Waals surface area contributed by atoms with Crippen molar-refractivity contribution in [3.63, 3.8) is 0 Å². The predicted octanol–water partition coefficient (Wildman–Crippen LogP) is 7.22. The predicted molar refractivity (Wildman–Crippen MR) is 128 cm³/mol. The zero-order chi connectivity index (χ0) is 20.0. The summed E-state index contributed by atoms with van der Waals surface area (Å²) in [5, 5.41) is 0.378. The van der Waals surface area contributed by atoms with E-state index in [-0.39, 0.29) is 0 Å². The fourth-order valence-corrected chi connectivity index (χ4v) is 26.3. The Morgan fingerprint density at radius 1 is 0.885 bits per heavy atom. The van der Waals surface area contributed by atoms with E-state index in [2.05, 4.69) is 72.9 Å². The number of hydrogen-bond donors (Lipinski definition) is 0. The molecule has 0 saturated heterocycles. The summed E-state index contributed by atoms with van der Waals surface area (Å²) in [6.45, 7) is 21.9. The Hall–Kier alpha value is 0.646. The van der Waals surface area contributed by atoms with Crippen LogP contribution in [0.25, 0.3) is 0 Å². The second-order valence-corrected chi connectivity index (χ2v) is 29.6. The molecule has 1 heterocycles. The number of unbranched alkanes of at least 4 members (excludes halogenated alkanes) is 3. The van der Waals surface area contributed by atoms with Crippen LogP contribution in [0.15, 0.2) is 0 Å². The molecule has 0 aliphatic carbocycles. The molecule has 0 aliphatic heterocycles. The van der Waals surface area contributed by atoms with Crippen molar-refractivity contribution in [1.29, 1.82) is 0 Å². The van der Waals surface area contributed by atoms with E-state index < -0.39 is 26.5 Å². The van der Waals surface area contributed by atoms with Gasteiger partial charge in [0.15, 0.2) is 0 Å². The van der Waals surface area contributed by atoms with Gasteiger partial charge in [-0.3, -0.25) is 0 Å². The molecule has 1 aromatic heterocycles. The Bertz CT molecular complexity index is 523. The van der Waals surface area contributed by atoms with Gasteiger partial charge in [-0.05, 0) is 0 Å². The van der Waals surface area contributed by atoms with Crippen LogP contribution in [0.3, 0.4) is 0 Å². The monoisotopic (exact) mass is 503 g/mol. The first kappa shape index (κ1) is 24.7. The Balaban J connectivity index is 3.40. The molecular weight excluding hydrogens is 457 g/mol.